The van der Waals surface area contributed by atoms with Crippen molar-refractivity contribution in [1.29, 1.82) is 0 Å². The standard InChI is InChI=1S/C24H33N3O2S/c1-16-11-18-13-19(23(28)26-22(18)12-17(16)2)14-27(15-21-9-6-10-29-21)24(30)25-20-7-4-3-5-8-20/h11-13,20-21H,3-10,14-15H2,1-2H3,(H,25,30)(H,26,28). The summed E-state index contributed by atoms with van der Waals surface area (Å²) in [6.45, 7) is 6.21. The Labute approximate surface area is 184 Å². The number of benzene rings is 1. The number of ether oxygens (including phenoxy) is 1. The van der Waals surface area contributed by atoms with E-state index in [1.807, 2.05) is 6.07 Å². The van der Waals surface area contributed by atoms with Crippen LogP contribution in [-0.4, -0.2) is 40.3 Å². The molecule has 162 valence electrons. The third-order valence-corrected chi connectivity index (χ3v) is 6.94. The normalized spacial score (nSPS) is 19.9. The molecule has 0 amide bonds. The van der Waals surface area contributed by atoms with Crippen LogP contribution in [0, 0.1) is 13.8 Å². The van der Waals surface area contributed by atoms with E-state index in [4.69, 9.17) is 17.0 Å². The molecule has 6 heteroatoms. The van der Waals surface area contributed by atoms with Gasteiger partial charge in [0.2, 0.25) is 0 Å². The molecule has 0 spiro atoms. The number of nitrogens with one attached hydrogen (secondary N) is 2. The maximum atomic E-state index is 12.8. The predicted molar refractivity (Wildman–Crippen MR) is 126 cm³/mol. The molecule has 1 atom stereocenters. The van der Waals surface area contributed by atoms with Crippen LogP contribution in [0.5, 0.6) is 0 Å². The summed E-state index contributed by atoms with van der Waals surface area (Å²) in [6, 6.07) is 6.66. The van der Waals surface area contributed by atoms with Crippen molar-refractivity contribution < 1.29 is 4.74 Å². The first-order chi connectivity index (χ1) is 14.5. The molecule has 2 N–H and O–H groups in total. The molecule has 1 saturated carbocycles. The topological polar surface area (TPSA) is 57.4 Å². The number of aromatic nitrogens is 1. The van der Waals surface area contributed by atoms with Crippen LogP contribution in [0.3, 0.4) is 0 Å². The molecule has 1 aliphatic carbocycles. The lowest BCUT2D eigenvalue weighted by Gasteiger charge is -2.32. The molecule has 1 aliphatic heterocycles. The van der Waals surface area contributed by atoms with Gasteiger partial charge in [-0.15, -0.1) is 0 Å². The summed E-state index contributed by atoms with van der Waals surface area (Å²) in [5.74, 6) is 0. The molecule has 0 radical (unpaired) electrons. The fraction of sp³-hybridized carbons (Fsp3) is 0.583. The monoisotopic (exact) mass is 427 g/mol. The van der Waals surface area contributed by atoms with Crippen molar-refractivity contribution in [2.75, 3.05) is 13.2 Å². The quantitative estimate of drug-likeness (QED) is 0.696. The summed E-state index contributed by atoms with van der Waals surface area (Å²) >= 11 is 5.81. The summed E-state index contributed by atoms with van der Waals surface area (Å²) in [6.07, 6.45) is 8.50. The fourth-order valence-corrected chi connectivity index (χ4v) is 4.92. The van der Waals surface area contributed by atoms with Crippen molar-refractivity contribution in [2.45, 2.75) is 77.5 Å². The van der Waals surface area contributed by atoms with Crippen molar-refractivity contribution in [3.63, 3.8) is 0 Å². The molecule has 5 nitrogen and oxygen atoms in total. The van der Waals surface area contributed by atoms with Crippen molar-refractivity contribution in [3.8, 4) is 0 Å². The summed E-state index contributed by atoms with van der Waals surface area (Å²) in [5, 5.41) is 5.39. The molecular formula is C24H33N3O2S. The number of pyridine rings is 1. The van der Waals surface area contributed by atoms with Crippen LogP contribution in [0.1, 0.15) is 61.6 Å². The zero-order valence-electron chi connectivity index (χ0n) is 18.1. The number of thiocarbonyl (C=S) groups is 1. The Morgan fingerprint density at radius 2 is 1.90 bits per heavy atom. The van der Waals surface area contributed by atoms with E-state index < -0.39 is 0 Å². The van der Waals surface area contributed by atoms with Gasteiger partial charge in [0.05, 0.1) is 12.6 Å². The van der Waals surface area contributed by atoms with Gasteiger partial charge in [-0.2, -0.15) is 0 Å². The molecule has 2 aromatic rings. The van der Waals surface area contributed by atoms with Crippen LogP contribution >= 0.6 is 12.2 Å². The van der Waals surface area contributed by atoms with Crippen molar-refractivity contribution >= 4 is 28.2 Å². The zero-order valence-corrected chi connectivity index (χ0v) is 18.9. The number of aromatic amines is 1. The number of aryl methyl sites for hydroxylation is 2. The van der Waals surface area contributed by atoms with Crippen LogP contribution in [0.15, 0.2) is 23.0 Å². The highest BCUT2D eigenvalue weighted by atomic mass is 32.1. The molecule has 2 aliphatic rings. The average Bonchev–Trinajstić information content (AvgIpc) is 3.23. The summed E-state index contributed by atoms with van der Waals surface area (Å²) in [4.78, 5) is 18.0. The lowest BCUT2D eigenvalue weighted by atomic mass is 9.96. The van der Waals surface area contributed by atoms with Gasteiger partial charge in [0.1, 0.15) is 0 Å². The van der Waals surface area contributed by atoms with E-state index in [1.165, 1.54) is 43.2 Å². The Morgan fingerprint density at radius 1 is 1.13 bits per heavy atom. The fourth-order valence-electron chi connectivity index (χ4n) is 4.61. The number of hydrogen-bond donors (Lipinski definition) is 2. The van der Waals surface area contributed by atoms with Crippen molar-refractivity contribution in [3.05, 3.63) is 45.2 Å². The second-order valence-electron chi connectivity index (χ2n) is 8.95. The first kappa shape index (κ1) is 21.3. The SMILES string of the molecule is Cc1cc2cc(CN(CC3CCCO3)C(=S)NC3CCCCC3)c(=O)[nH]c2cc1C. The van der Waals surface area contributed by atoms with E-state index in [-0.39, 0.29) is 11.7 Å². The van der Waals surface area contributed by atoms with Crippen LogP contribution in [0.4, 0.5) is 0 Å². The molecular weight excluding hydrogens is 394 g/mol. The minimum absolute atomic E-state index is 0.0384. The molecule has 1 aromatic heterocycles. The van der Waals surface area contributed by atoms with Gasteiger partial charge < -0.3 is 19.9 Å². The minimum atomic E-state index is -0.0384. The lowest BCUT2D eigenvalue weighted by molar-refractivity contribution is 0.0894. The van der Waals surface area contributed by atoms with Gasteiger partial charge in [-0.25, -0.2) is 0 Å². The first-order valence-electron chi connectivity index (χ1n) is 11.3. The van der Waals surface area contributed by atoms with Gasteiger partial charge in [0.25, 0.3) is 5.56 Å². The van der Waals surface area contributed by atoms with Crippen LogP contribution in [-0.2, 0) is 11.3 Å². The molecule has 2 heterocycles. The van der Waals surface area contributed by atoms with E-state index >= 15 is 0 Å². The van der Waals surface area contributed by atoms with Gasteiger partial charge in [0.15, 0.2) is 5.11 Å². The first-order valence-corrected chi connectivity index (χ1v) is 11.7. The third kappa shape index (κ3) is 5.03. The van der Waals surface area contributed by atoms with E-state index in [1.54, 1.807) is 0 Å². The summed E-state index contributed by atoms with van der Waals surface area (Å²) in [5.41, 5.74) is 4.01. The Balaban J connectivity index is 1.56. The van der Waals surface area contributed by atoms with Gasteiger partial charge in [-0.1, -0.05) is 19.3 Å². The van der Waals surface area contributed by atoms with Crippen LogP contribution < -0.4 is 10.9 Å². The second kappa shape index (κ2) is 9.48. The summed E-state index contributed by atoms with van der Waals surface area (Å²) in [7, 11) is 0. The highest BCUT2D eigenvalue weighted by Crippen LogP contribution is 2.21. The Hall–Kier alpha value is -1.92. The molecule has 1 unspecified atom stereocenters. The van der Waals surface area contributed by atoms with E-state index in [0.717, 1.165) is 47.6 Å². The molecule has 1 saturated heterocycles. The predicted octanol–water partition coefficient (Wildman–Crippen LogP) is 4.33. The molecule has 30 heavy (non-hydrogen) atoms. The minimum Gasteiger partial charge on any atom is -0.376 e. The van der Waals surface area contributed by atoms with Gasteiger partial charge in [-0.3, -0.25) is 4.79 Å². The van der Waals surface area contributed by atoms with Gasteiger partial charge >= 0.3 is 0 Å². The number of hydrogen-bond acceptors (Lipinski definition) is 3. The maximum absolute atomic E-state index is 12.8. The van der Waals surface area contributed by atoms with Gasteiger partial charge in [0, 0.05) is 30.3 Å². The summed E-state index contributed by atoms with van der Waals surface area (Å²) < 4.78 is 5.88. The number of rotatable bonds is 5. The Bertz CT molecular complexity index is 959. The third-order valence-electron chi connectivity index (χ3n) is 6.56. The van der Waals surface area contributed by atoms with Crippen molar-refractivity contribution in [1.82, 2.24) is 15.2 Å². The van der Waals surface area contributed by atoms with Crippen molar-refractivity contribution in [2.24, 2.45) is 0 Å². The number of fused-ring (bicyclic) bond motifs is 1. The second-order valence-corrected chi connectivity index (χ2v) is 9.33. The van der Waals surface area contributed by atoms with Gasteiger partial charge in [-0.05, 0) is 86.5 Å². The van der Waals surface area contributed by atoms with Crippen LogP contribution in [0.25, 0.3) is 10.9 Å². The number of H-pyrrole nitrogens is 1. The number of nitrogens with zero attached hydrogens (tertiary/aromatic N) is 1. The highest BCUT2D eigenvalue weighted by Gasteiger charge is 2.24. The van der Waals surface area contributed by atoms with E-state index in [2.05, 4.69) is 41.2 Å². The van der Waals surface area contributed by atoms with Crippen LogP contribution in [0.2, 0.25) is 0 Å². The molecule has 4 rings (SSSR count). The molecule has 0 bridgehead atoms. The largest absolute Gasteiger partial charge is 0.376 e. The highest BCUT2D eigenvalue weighted by molar-refractivity contribution is 7.80. The zero-order chi connectivity index (χ0) is 21.1. The Morgan fingerprint density at radius 3 is 2.63 bits per heavy atom. The average molecular weight is 428 g/mol. The molecule has 1 aromatic carbocycles. The lowest BCUT2D eigenvalue weighted by Crippen LogP contribution is -2.47. The maximum Gasteiger partial charge on any atom is 0.253 e. The molecule has 2 fully saturated rings. The van der Waals surface area contributed by atoms with E-state index in [9.17, 15) is 4.79 Å². The smallest absolute Gasteiger partial charge is 0.253 e. The Kier molecular flexibility index (Phi) is 6.74. The van der Waals surface area contributed by atoms with E-state index in [0.29, 0.717) is 12.6 Å².